The molecule has 52 heavy (non-hydrogen) atoms. The summed E-state index contributed by atoms with van der Waals surface area (Å²) in [6.45, 7) is -0.936. The number of amides is 4. The molecule has 22 heteroatoms. The van der Waals surface area contributed by atoms with Gasteiger partial charge in [0.25, 0.3) is 17.7 Å². The monoisotopic (exact) mass is 758 g/mol. The predicted octanol–water partition coefficient (Wildman–Crippen LogP) is 1.36. The Bertz CT molecular complexity index is 1520. The number of halogens is 6. The second kappa shape index (κ2) is 17.9. The molecule has 0 fully saturated rings. The van der Waals surface area contributed by atoms with Crippen LogP contribution in [0.1, 0.15) is 46.5 Å². The molecule has 0 spiro atoms. The lowest BCUT2D eigenvalue weighted by Crippen LogP contribution is -2.63. The number of fused-ring (bicyclic) bond motifs is 1. The Balaban J connectivity index is 2.02. The van der Waals surface area contributed by atoms with Gasteiger partial charge in [0.1, 0.15) is 42.1 Å². The van der Waals surface area contributed by atoms with Gasteiger partial charge in [-0.25, -0.2) is 14.0 Å². The lowest BCUT2D eigenvalue weighted by molar-refractivity contribution is -0.278. The number of carbonyl (C=O) groups is 7. The normalized spacial score (nSPS) is 17.7. The molecule has 0 unspecified atom stereocenters. The molecule has 0 aromatic heterocycles. The summed E-state index contributed by atoms with van der Waals surface area (Å²) < 4.78 is 93.6. The lowest BCUT2D eigenvalue weighted by atomic mass is 10.0. The number of nitrogens with one attached hydrogen (secondary N) is 3. The molecule has 1 heterocycles. The molecular weight excluding hydrogens is 722 g/mol. The van der Waals surface area contributed by atoms with E-state index in [-0.39, 0.29) is 49.5 Å². The molecule has 0 aliphatic carbocycles. The first-order valence-electron chi connectivity index (χ1n) is 15.3. The predicted molar refractivity (Wildman–Crippen MR) is 161 cm³/mol. The number of carboxylic acids is 1. The first-order chi connectivity index (χ1) is 24.0. The number of benzene rings is 1. The number of hydrogen-bond donors (Lipinski definition) is 5. The van der Waals surface area contributed by atoms with Gasteiger partial charge in [-0.2, -0.15) is 22.0 Å². The Morgan fingerprint density at radius 1 is 1.02 bits per heavy atom. The van der Waals surface area contributed by atoms with E-state index in [0.29, 0.717) is 6.92 Å². The van der Waals surface area contributed by atoms with Crippen LogP contribution in [0, 0.1) is 5.82 Å². The molecule has 2 rings (SSSR count). The van der Waals surface area contributed by atoms with Crippen molar-refractivity contribution in [2.75, 3.05) is 31.2 Å². The van der Waals surface area contributed by atoms with Gasteiger partial charge < -0.3 is 45.3 Å². The largest absolute Gasteiger partial charge is 0.508 e. The molecular formula is C30H36F6N4O12. The second-order valence-electron chi connectivity index (χ2n) is 11.6. The number of carbonyl (C=O) groups excluding carboxylic acids is 6. The van der Waals surface area contributed by atoms with Gasteiger partial charge in [0.05, 0.1) is 25.4 Å². The summed E-state index contributed by atoms with van der Waals surface area (Å²) >= 11 is 0. The van der Waals surface area contributed by atoms with Crippen molar-refractivity contribution in [1.29, 1.82) is 0 Å². The number of rotatable bonds is 17. The SMILES string of the molecule is CC(=O)N[C@@H](CCC(=O)CCCOC(=O)OCCN1C(=O)[C@@H](NC(=O)[C@@](C)(O)C(=O)NCC(F)(F)C(F)(F)F)[C@@H](C)Oc2ccc(F)cc21)C(=O)O. The third kappa shape index (κ3) is 12.0. The van der Waals surface area contributed by atoms with Crippen LogP contribution in [-0.4, -0.2) is 114 Å². The fourth-order valence-electron chi connectivity index (χ4n) is 4.43. The maximum absolute atomic E-state index is 14.2. The minimum atomic E-state index is -6.06. The number of aliphatic hydroxyl groups is 1. The number of hydrogen-bond acceptors (Lipinski definition) is 11. The summed E-state index contributed by atoms with van der Waals surface area (Å²) in [7, 11) is 0. The van der Waals surface area contributed by atoms with Crippen molar-refractivity contribution in [3.8, 4) is 5.75 Å². The highest BCUT2D eigenvalue weighted by Gasteiger charge is 2.58. The van der Waals surface area contributed by atoms with Crippen molar-refractivity contribution in [2.24, 2.45) is 0 Å². The highest BCUT2D eigenvalue weighted by Crippen LogP contribution is 2.35. The van der Waals surface area contributed by atoms with Gasteiger partial charge >= 0.3 is 24.2 Å². The van der Waals surface area contributed by atoms with Crippen LogP contribution in [0.25, 0.3) is 0 Å². The van der Waals surface area contributed by atoms with Crippen LogP contribution < -0.4 is 25.6 Å². The van der Waals surface area contributed by atoms with E-state index in [0.717, 1.165) is 35.3 Å². The number of anilines is 1. The van der Waals surface area contributed by atoms with Gasteiger partial charge in [0.15, 0.2) is 0 Å². The summed E-state index contributed by atoms with van der Waals surface area (Å²) in [5.74, 6) is -13.4. The zero-order valence-electron chi connectivity index (χ0n) is 27.8. The topological polar surface area (TPSA) is 227 Å². The number of aliphatic carboxylic acids is 1. The Kier molecular flexibility index (Phi) is 14.8. The smallest absolute Gasteiger partial charge is 0.486 e. The average molecular weight is 759 g/mol. The van der Waals surface area contributed by atoms with Crippen molar-refractivity contribution < 1.29 is 84.3 Å². The van der Waals surface area contributed by atoms with Crippen LogP contribution in [-0.2, 0) is 38.2 Å². The first-order valence-corrected chi connectivity index (χ1v) is 15.3. The second-order valence-corrected chi connectivity index (χ2v) is 11.6. The van der Waals surface area contributed by atoms with Gasteiger partial charge in [-0.1, -0.05) is 0 Å². The fraction of sp³-hybridized carbons (Fsp3) is 0.567. The van der Waals surface area contributed by atoms with E-state index >= 15 is 0 Å². The maximum atomic E-state index is 14.2. The molecule has 290 valence electrons. The third-order valence-electron chi connectivity index (χ3n) is 7.32. The summed E-state index contributed by atoms with van der Waals surface area (Å²) in [6, 6.07) is -0.113. The molecule has 0 saturated heterocycles. The molecule has 4 amide bonds. The van der Waals surface area contributed by atoms with E-state index in [1.807, 2.05) is 5.32 Å². The lowest BCUT2D eigenvalue weighted by Gasteiger charge is -2.29. The Morgan fingerprint density at radius 3 is 2.25 bits per heavy atom. The first kappa shape index (κ1) is 43.0. The standard InChI is InChI=1S/C30H36F6N4O12/c1-15-22(39-26(47)28(3,49)25(46)37-14-29(32,33)30(34,35)36)23(43)40(20-13-17(31)6-9-21(20)52-15)10-12-51-27(48)50-11-4-5-18(42)7-8-19(24(44)45)38-16(2)41/h6,9,13,15,19,22,49H,4-5,7-8,10-12,14H2,1-3H3,(H,37,46)(H,38,41)(H,39,47)(H,44,45)/t15-,19+,22+,28+/m1/s1. The van der Waals surface area contributed by atoms with Crippen molar-refractivity contribution in [3.63, 3.8) is 0 Å². The minimum absolute atomic E-state index is 0.0201. The Morgan fingerprint density at radius 2 is 1.65 bits per heavy atom. The molecule has 16 nitrogen and oxygen atoms in total. The van der Waals surface area contributed by atoms with Crippen molar-refractivity contribution in [1.82, 2.24) is 16.0 Å². The Hall–Kier alpha value is -5.15. The van der Waals surface area contributed by atoms with Crippen molar-refractivity contribution >= 4 is 47.2 Å². The number of Topliss-reactive ketones (excluding diaryl/α,β-unsaturated/α-hetero) is 1. The molecule has 1 aliphatic heterocycles. The molecule has 1 aromatic carbocycles. The summed E-state index contributed by atoms with van der Waals surface area (Å²) in [5.41, 5.74) is -3.50. The summed E-state index contributed by atoms with van der Waals surface area (Å²) in [4.78, 5) is 86.0. The number of alkyl halides is 5. The van der Waals surface area contributed by atoms with E-state index in [1.165, 1.54) is 6.92 Å². The molecule has 4 atom stereocenters. The zero-order valence-corrected chi connectivity index (χ0v) is 27.8. The van der Waals surface area contributed by atoms with Crippen LogP contribution >= 0.6 is 0 Å². The van der Waals surface area contributed by atoms with Gasteiger partial charge in [-0.15, -0.1) is 0 Å². The van der Waals surface area contributed by atoms with E-state index in [2.05, 4.69) is 5.32 Å². The maximum Gasteiger partial charge on any atom is 0.508 e. The van der Waals surface area contributed by atoms with Gasteiger partial charge in [-0.05, 0) is 38.8 Å². The molecule has 0 saturated carbocycles. The van der Waals surface area contributed by atoms with Crippen LogP contribution in [0.15, 0.2) is 18.2 Å². The number of carboxylic acid groups (broad SMARTS) is 1. The number of ketones is 1. The molecule has 0 bridgehead atoms. The summed E-state index contributed by atoms with van der Waals surface area (Å²) in [5, 5.41) is 24.8. The molecule has 0 radical (unpaired) electrons. The number of nitrogens with zero attached hydrogens (tertiary/aromatic N) is 1. The minimum Gasteiger partial charge on any atom is -0.486 e. The average Bonchev–Trinajstić information content (AvgIpc) is 3.12. The van der Waals surface area contributed by atoms with Crippen LogP contribution in [0.4, 0.5) is 36.8 Å². The van der Waals surface area contributed by atoms with Crippen LogP contribution in [0.2, 0.25) is 0 Å². The fourth-order valence-corrected chi connectivity index (χ4v) is 4.43. The number of ether oxygens (including phenoxy) is 3. The molecule has 1 aliphatic rings. The van der Waals surface area contributed by atoms with E-state index in [4.69, 9.17) is 19.3 Å². The van der Waals surface area contributed by atoms with Crippen LogP contribution in [0.3, 0.4) is 0 Å². The Labute approximate surface area is 291 Å². The molecule has 1 aromatic rings. The van der Waals surface area contributed by atoms with E-state index in [1.54, 1.807) is 0 Å². The van der Waals surface area contributed by atoms with E-state index < -0.39 is 97.2 Å². The highest BCUT2D eigenvalue weighted by atomic mass is 19.4. The van der Waals surface area contributed by atoms with Gasteiger partial charge in [0, 0.05) is 25.8 Å². The summed E-state index contributed by atoms with van der Waals surface area (Å²) in [6.07, 6.45) is -9.06. The van der Waals surface area contributed by atoms with Gasteiger partial charge in [-0.3, -0.25) is 24.0 Å². The highest BCUT2D eigenvalue weighted by molar-refractivity contribution is 6.10. The third-order valence-corrected chi connectivity index (χ3v) is 7.32. The van der Waals surface area contributed by atoms with E-state index in [9.17, 15) is 65.0 Å². The van der Waals surface area contributed by atoms with Crippen molar-refractivity contribution in [2.45, 2.75) is 82.3 Å². The quantitative estimate of drug-likeness (QED) is 0.0657. The van der Waals surface area contributed by atoms with Crippen molar-refractivity contribution in [3.05, 3.63) is 24.0 Å². The zero-order chi connectivity index (χ0) is 39.6. The van der Waals surface area contributed by atoms with Crippen LogP contribution in [0.5, 0.6) is 5.75 Å². The molecule has 5 N–H and O–H groups in total. The van der Waals surface area contributed by atoms with Gasteiger partial charge in [0.2, 0.25) is 11.5 Å².